The lowest BCUT2D eigenvalue weighted by Gasteiger charge is -2.10. The van der Waals surface area contributed by atoms with E-state index in [1.54, 1.807) is 23.9 Å². The van der Waals surface area contributed by atoms with Crippen molar-refractivity contribution in [3.05, 3.63) is 89.2 Å². The van der Waals surface area contributed by atoms with Crippen LogP contribution in [0.25, 0.3) is 5.69 Å². The Morgan fingerprint density at radius 3 is 2.27 bits per heavy atom. The van der Waals surface area contributed by atoms with E-state index in [0.717, 1.165) is 28.6 Å². The molecular weight excluding hydrogens is 396 g/mol. The number of aryl methyl sites for hydroxylation is 2. The van der Waals surface area contributed by atoms with Crippen LogP contribution >= 0.6 is 11.8 Å². The minimum Gasteiger partial charge on any atom is -0.452 e. The van der Waals surface area contributed by atoms with Gasteiger partial charge in [0.25, 0.3) is 5.91 Å². The van der Waals surface area contributed by atoms with E-state index < -0.39 is 5.97 Å². The van der Waals surface area contributed by atoms with Gasteiger partial charge in [0, 0.05) is 35.1 Å². The standard InChI is InChI=1S/C24H26N2O3S/c1-18-8-9-19(2)26(18)22-12-10-21(11-13-22)24(28)29-16-23(27)25-14-15-30-17-20-6-4-3-5-7-20/h3-13H,14-17H2,1-2H3,(H,25,27). The molecular formula is C24H26N2O3S. The Kier molecular flexibility index (Phi) is 7.74. The number of nitrogens with one attached hydrogen (secondary N) is 1. The summed E-state index contributed by atoms with van der Waals surface area (Å²) >= 11 is 1.75. The zero-order valence-corrected chi connectivity index (χ0v) is 18.1. The van der Waals surface area contributed by atoms with Gasteiger partial charge in [-0.15, -0.1) is 0 Å². The summed E-state index contributed by atoms with van der Waals surface area (Å²) in [7, 11) is 0. The zero-order chi connectivity index (χ0) is 21.3. The first-order valence-corrected chi connectivity index (χ1v) is 11.0. The summed E-state index contributed by atoms with van der Waals surface area (Å²) in [6.45, 7) is 4.33. The number of thioether (sulfide) groups is 1. The number of nitrogens with zero attached hydrogens (tertiary/aromatic N) is 1. The Labute approximate surface area is 181 Å². The van der Waals surface area contributed by atoms with Crippen LogP contribution in [0.1, 0.15) is 27.3 Å². The smallest absolute Gasteiger partial charge is 0.338 e. The molecule has 3 rings (SSSR count). The van der Waals surface area contributed by atoms with E-state index in [4.69, 9.17) is 4.74 Å². The van der Waals surface area contributed by atoms with Crippen LogP contribution in [0.2, 0.25) is 0 Å². The second-order valence-electron chi connectivity index (χ2n) is 6.96. The minimum absolute atomic E-state index is 0.278. The van der Waals surface area contributed by atoms with Crippen molar-refractivity contribution in [3.63, 3.8) is 0 Å². The summed E-state index contributed by atoms with van der Waals surface area (Å²) in [6.07, 6.45) is 0. The Morgan fingerprint density at radius 1 is 0.933 bits per heavy atom. The van der Waals surface area contributed by atoms with Crippen LogP contribution in [0.5, 0.6) is 0 Å². The van der Waals surface area contributed by atoms with Crippen LogP contribution in [0.4, 0.5) is 0 Å². The highest BCUT2D eigenvalue weighted by Crippen LogP contribution is 2.17. The average Bonchev–Trinajstić information content (AvgIpc) is 3.10. The number of benzene rings is 2. The maximum absolute atomic E-state index is 12.2. The van der Waals surface area contributed by atoms with Crippen LogP contribution in [-0.4, -0.2) is 35.3 Å². The zero-order valence-electron chi connectivity index (χ0n) is 17.3. The second kappa shape index (κ2) is 10.7. The van der Waals surface area contributed by atoms with Crippen LogP contribution in [0, 0.1) is 13.8 Å². The van der Waals surface area contributed by atoms with Crippen LogP contribution in [0.15, 0.2) is 66.7 Å². The molecule has 0 aliphatic heterocycles. The van der Waals surface area contributed by atoms with Crippen molar-refractivity contribution < 1.29 is 14.3 Å². The molecule has 0 aliphatic rings. The van der Waals surface area contributed by atoms with Gasteiger partial charge < -0.3 is 14.6 Å². The molecule has 0 saturated carbocycles. The van der Waals surface area contributed by atoms with Gasteiger partial charge in [0.15, 0.2) is 6.61 Å². The molecule has 0 atom stereocenters. The normalized spacial score (nSPS) is 10.6. The predicted molar refractivity (Wildman–Crippen MR) is 121 cm³/mol. The lowest BCUT2D eigenvalue weighted by molar-refractivity contribution is -0.124. The van der Waals surface area contributed by atoms with Crippen molar-refractivity contribution in [1.82, 2.24) is 9.88 Å². The Bertz CT molecular complexity index is 962. The summed E-state index contributed by atoms with van der Waals surface area (Å²) in [5, 5.41) is 2.78. The fraction of sp³-hybridized carbons (Fsp3) is 0.250. The maximum Gasteiger partial charge on any atom is 0.338 e. The Balaban J connectivity index is 1.38. The quantitative estimate of drug-likeness (QED) is 0.413. The topological polar surface area (TPSA) is 60.3 Å². The maximum atomic E-state index is 12.2. The molecule has 3 aromatic rings. The van der Waals surface area contributed by atoms with E-state index in [-0.39, 0.29) is 12.5 Å². The first kappa shape index (κ1) is 21.7. The first-order chi connectivity index (χ1) is 14.5. The molecule has 0 saturated heterocycles. The lowest BCUT2D eigenvalue weighted by Crippen LogP contribution is -2.30. The lowest BCUT2D eigenvalue weighted by atomic mass is 10.2. The monoisotopic (exact) mass is 422 g/mol. The number of carbonyl (C=O) groups excluding carboxylic acids is 2. The largest absolute Gasteiger partial charge is 0.452 e. The van der Waals surface area contributed by atoms with Gasteiger partial charge in [0.1, 0.15) is 0 Å². The van der Waals surface area contributed by atoms with E-state index in [1.807, 2.05) is 44.2 Å². The number of carbonyl (C=O) groups is 2. The molecule has 1 heterocycles. The molecule has 0 fully saturated rings. The fourth-order valence-electron chi connectivity index (χ4n) is 3.11. The van der Waals surface area contributed by atoms with Gasteiger partial charge in [-0.3, -0.25) is 4.79 Å². The second-order valence-corrected chi connectivity index (χ2v) is 8.07. The van der Waals surface area contributed by atoms with E-state index in [0.29, 0.717) is 12.1 Å². The van der Waals surface area contributed by atoms with Crippen molar-refractivity contribution in [2.45, 2.75) is 19.6 Å². The Hall–Kier alpha value is -2.99. The molecule has 5 nitrogen and oxygen atoms in total. The molecule has 1 aromatic heterocycles. The van der Waals surface area contributed by atoms with Crippen molar-refractivity contribution in [1.29, 1.82) is 0 Å². The van der Waals surface area contributed by atoms with Crippen molar-refractivity contribution in [2.24, 2.45) is 0 Å². The van der Waals surface area contributed by atoms with Crippen molar-refractivity contribution >= 4 is 23.6 Å². The van der Waals surface area contributed by atoms with Crippen LogP contribution in [0.3, 0.4) is 0 Å². The summed E-state index contributed by atoms with van der Waals surface area (Å²) in [4.78, 5) is 24.1. The molecule has 0 radical (unpaired) electrons. The van der Waals surface area contributed by atoms with Crippen molar-refractivity contribution in [2.75, 3.05) is 18.9 Å². The molecule has 156 valence electrons. The van der Waals surface area contributed by atoms with E-state index >= 15 is 0 Å². The highest BCUT2D eigenvalue weighted by atomic mass is 32.2. The van der Waals surface area contributed by atoms with E-state index in [2.05, 4.69) is 34.1 Å². The number of amides is 1. The van der Waals surface area contributed by atoms with Gasteiger partial charge in [-0.25, -0.2) is 4.79 Å². The number of rotatable bonds is 9. The number of ether oxygens (including phenoxy) is 1. The SMILES string of the molecule is Cc1ccc(C)n1-c1ccc(C(=O)OCC(=O)NCCSCc2ccccc2)cc1. The molecule has 30 heavy (non-hydrogen) atoms. The predicted octanol–water partition coefficient (Wildman–Crippen LogP) is 4.30. The summed E-state index contributed by atoms with van der Waals surface area (Å²) in [5.41, 5.74) is 4.92. The number of esters is 1. The third-order valence-corrected chi connectivity index (χ3v) is 5.68. The Morgan fingerprint density at radius 2 is 1.60 bits per heavy atom. The van der Waals surface area contributed by atoms with Crippen LogP contribution in [-0.2, 0) is 15.3 Å². The molecule has 0 bridgehead atoms. The summed E-state index contributed by atoms with van der Waals surface area (Å²) in [6, 6.07) is 21.5. The minimum atomic E-state index is -0.504. The number of aromatic nitrogens is 1. The van der Waals surface area contributed by atoms with Gasteiger partial charge in [0.05, 0.1) is 5.56 Å². The molecule has 0 aliphatic carbocycles. The van der Waals surface area contributed by atoms with Crippen molar-refractivity contribution in [3.8, 4) is 5.69 Å². The third kappa shape index (κ3) is 6.00. The number of hydrogen-bond donors (Lipinski definition) is 1. The summed E-state index contributed by atoms with van der Waals surface area (Å²) < 4.78 is 7.24. The van der Waals surface area contributed by atoms with Crippen LogP contribution < -0.4 is 5.32 Å². The third-order valence-electron chi connectivity index (χ3n) is 4.65. The molecule has 1 amide bonds. The van der Waals surface area contributed by atoms with Gasteiger partial charge in [0.2, 0.25) is 0 Å². The number of hydrogen-bond acceptors (Lipinski definition) is 4. The fourth-order valence-corrected chi connectivity index (χ4v) is 3.93. The highest BCUT2D eigenvalue weighted by molar-refractivity contribution is 7.98. The molecule has 1 N–H and O–H groups in total. The van der Waals surface area contributed by atoms with Gasteiger partial charge in [-0.2, -0.15) is 11.8 Å². The van der Waals surface area contributed by atoms with Gasteiger partial charge in [-0.1, -0.05) is 30.3 Å². The molecule has 6 heteroatoms. The first-order valence-electron chi connectivity index (χ1n) is 9.85. The molecule has 0 unspecified atom stereocenters. The average molecular weight is 423 g/mol. The highest BCUT2D eigenvalue weighted by Gasteiger charge is 2.11. The molecule has 0 spiro atoms. The van der Waals surface area contributed by atoms with Gasteiger partial charge >= 0.3 is 5.97 Å². The van der Waals surface area contributed by atoms with E-state index in [9.17, 15) is 9.59 Å². The van der Waals surface area contributed by atoms with Gasteiger partial charge in [-0.05, 0) is 55.8 Å². The van der Waals surface area contributed by atoms with E-state index in [1.165, 1.54) is 5.56 Å². The molecule has 2 aromatic carbocycles. The summed E-state index contributed by atoms with van der Waals surface area (Å²) in [5.74, 6) is 0.910.